The van der Waals surface area contributed by atoms with Gasteiger partial charge in [-0.25, -0.2) is 14.5 Å². The minimum atomic E-state index is -1.14. The molecule has 0 spiro atoms. The van der Waals surface area contributed by atoms with Crippen LogP contribution in [0.4, 0.5) is 4.79 Å². The predicted octanol–water partition coefficient (Wildman–Crippen LogP) is 2.97. The molecule has 3 fully saturated rings. The van der Waals surface area contributed by atoms with Gasteiger partial charge in [0, 0.05) is 26.2 Å². The zero-order chi connectivity index (χ0) is 28.1. The van der Waals surface area contributed by atoms with Crippen molar-refractivity contribution in [2.75, 3.05) is 39.3 Å². The number of benzene rings is 2. The van der Waals surface area contributed by atoms with Gasteiger partial charge in [-0.2, -0.15) is 0 Å². The van der Waals surface area contributed by atoms with Gasteiger partial charge in [0.1, 0.15) is 0 Å². The van der Waals surface area contributed by atoms with Crippen molar-refractivity contribution in [1.82, 2.24) is 20.0 Å². The molecule has 0 aromatic heterocycles. The maximum Gasteiger partial charge on any atom is 0.327 e. The summed E-state index contributed by atoms with van der Waals surface area (Å²) in [7, 11) is 0. The van der Waals surface area contributed by atoms with E-state index in [1.807, 2.05) is 66.7 Å². The number of piperidine rings is 1. The number of nitrogens with one attached hydrogen (secondary N) is 1. The van der Waals surface area contributed by atoms with Gasteiger partial charge in [0.05, 0.1) is 12.3 Å². The van der Waals surface area contributed by atoms with Gasteiger partial charge in [-0.3, -0.25) is 9.59 Å². The summed E-state index contributed by atoms with van der Waals surface area (Å²) in [5, 5.41) is 13.1. The van der Waals surface area contributed by atoms with Gasteiger partial charge in [0.25, 0.3) is 0 Å². The van der Waals surface area contributed by atoms with Crippen molar-refractivity contribution < 1.29 is 24.3 Å². The van der Waals surface area contributed by atoms with Crippen LogP contribution in [0.2, 0.25) is 0 Å². The van der Waals surface area contributed by atoms with Crippen LogP contribution >= 0.6 is 0 Å². The highest BCUT2D eigenvalue weighted by molar-refractivity contribution is 6.07. The number of urea groups is 1. The second kappa shape index (κ2) is 12.5. The zero-order valence-corrected chi connectivity index (χ0v) is 22.6. The molecule has 3 saturated heterocycles. The average Bonchev–Trinajstić information content (AvgIpc) is 2.98. The van der Waals surface area contributed by atoms with Crippen LogP contribution in [0.25, 0.3) is 12.2 Å². The number of amides is 4. The average molecular weight is 545 g/mol. The van der Waals surface area contributed by atoms with Crippen molar-refractivity contribution in [3.63, 3.8) is 0 Å². The van der Waals surface area contributed by atoms with E-state index in [0.717, 1.165) is 47.5 Å². The second-order valence-electron chi connectivity index (χ2n) is 10.8. The maximum absolute atomic E-state index is 13.1. The Morgan fingerprint density at radius 3 is 2.08 bits per heavy atom. The fourth-order valence-corrected chi connectivity index (χ4v) is 5.84. The van der Waals surface area contributed by atoms with Crippen LogP contribution in [-0.2, 0) is 20.8 Å². The van der Waals surface area contributed by atoms with E-state index in [2.05, 4.69) is 5.32 Å². The number of aliphatic carboxylic acids is 1. The highest BCUT2D eigenvalue weighted by Crippen LogP contribution is 2.35. The van der Waals surface area contributed by atoms with Gasteiger partial charge in [-0.05, 0) is 55.0 Å². The largest absolute Gasteiger partial charge is 0.480 e. The summed E-state index contributed by atoms with van der Waals surface area (Å²) >= 11 is 0. The lowest BCUT2D eigenvalue weighted by Crippen LogP contribution is -2.69. The number of carboxylic acid groups (broad SMARTS) is 1. The van der Waals surface area contributed by atoms with Crippen LogP contribution in [0, 0.1) is 11.8 Å². The van der Waals surface area contributed by atoms with E-state index in [4.69, 9.17) is 0 Å². The first-order valence-corrected chi connectivity index (χ1v) is 14.1. The number of hydrogen-bond donors (Lipinski definition) is 2. The van der Waals surface area contributed by atoms with Gasteiger partial charge in [-0.15, -0.1) is 0 Å². The van der Waals surface area contributed by atoms with Gasteiger partial charge in [0.15, 0.2) is 6.04 Å². The third kappa shape index (κ3) is 6.25. The van der Waals surface area contributed by atoms with Gasteiger partial charge in [-0.1, -0.05) is 66.7 Å². The van der Waals surface area contributed by atoms with Crippen molar-refractivity contribution >= 4 is 36.0 Å². The molecule has 4 amide bonds. The summed E-state index contributed by atoms with van der Waals surface area (Å²) in [4.78, 5) is 55.1. The van der Waals surface area contributed by atoms with Crippen LogP contribution in [0.5, 0.6) is 0 Å². The normalized spacial score (nSPS) is 21.9. The molecule has 2 aromatic carbocycles. The number of piperazine rings is 1. The Morgan fingerprint density at radius 2 is 1.45 bits per heavy atom. The Morgan fingerprint density at radius 1 is 0.850 bits per heavy atom. The molecule has 0 unspecified atom stereocenters. The minimum Gasteiger partial charge on any atom is -0.480 e. The first-order valence-electron chi connectivity index (χ1n) is 14.1. The summed E-state index contributed by atoms with van der Waals surface area (Å²) in [5.74, 6) is -1.90. The van der Waals surface area contributed by atoms with E-state index >= 15 is 0 Å². The summed E-state index contributed by atoms with van der Waals surface area (Å²) < 4.78 is 0. The molecule has 0 radical (unpaired) electrons. The lowest BCUT2D eigenvalue weighted by molar-refractivity contribution is -0.167. The van der Waals surface area contributed by atoms with Gasteiger partial charge >= 0.3 is 12.0 Å². The molecule has 9 heteroatoms. The smallest absolute Gasteiger partial charge is 0.327 e. The van der Waals surface area contributed by atoms with E-state index in [9.17, 15) is 24.3 Å². The van der Waals surface area contributed by atoms with Gasteiger partial charge < -0.3 is 20.2 Å². The number of nitrogens with zero attached hydrogens (tertiary/aromatic N) is 3. The Bertz CT molecular complexity index is 1250. The van der Waals surface area contributed by atoms with Crippen LogP contribution in [0.15, 0.2) is 54.6 Å². The summed E-state index contributed by atoms with van der Waals surface area (Å²) in [6, 6.07) is 16.2. The minimum absolute atomic E-state index is 0.0230. The molecule has 9 nitrogen and oxygen atoms in total. The Labute approximate surface area is 234 Å². The van der Waals surface area contributed by atoms with Crippen molar-refractivity contribution in [2.45, 2.75) is 31.7 Å². The first kappa shape index (κ1) is 27.6. The molecule has 2 aromatic rings. The number of rotatable bonds is 7. The Hall–Kier alpha value is -3.98. The Kier molecular flexibility index (Phi) is 8.60. The van der Waals surface area contributed by atoms with Crippen LogP contribution in [0.1, 0.15) is 36.0 Å². The van der Waals surface area contributed by atoms with Crippen LogP contribution in [-0.4, -0.2) is 88.9 Å². The standard InChI is InChI=1S/C31H36N4O5/c36-27(21-24-10-8-23(9-11-24)7-6-22-4-2-1-3-5-22)33-16-18-34(19-17-33)31(40)35-28(30(38)39)26(29(35)37)20-25-12-14-32-15-13-25/h1-11,25-26,28,32H,12-21H2,(H,38,39)/b7-6+/t26-,28+/m1/s1. The summed E-state index contributed by atoms with van der Waals surface area (Å²) in [5.41, 5.74) is 3.08. The third-order valence-corrected chi connectivity index (χ3v) is 8.22. The fourth-order valence-electron chi connectivity index (χ4n) is 5.84. The fraction of sp³-hybridized carbons (Fsp3) is 0.419. The van der Waals surface area contributed by atoms with Crippen molar-refractivity contribution in [3.05, 3.63) is 71.3 Å². The van der Waals surface area contributed by atoms with Gasteiger partial charge in [0.2, 0.25) is 11.8 Å². The third-order valence-electron chi connectivity index (χ3n) is 8.22. The highest BCUT2D eigenvalue weighted by Gasteiger charge is 2.56. The molecular formula is C31H36N4O5. The lowest BCUT2D eigenvalue weighted by atomic mass is 9.78. The topological polar surface area (TPSA) is 110 Å². The van der Waals surface area contributed by atoms with E-state index in [1.165, 1.54) is 4.90 Å². The molecule has 2 atom stereocenters. The van der Waals surface area contributed by atoms with E-state index < -0.39 is 29.9 Å². The van der Waals surface area contributed by atoms with E-state index in [-0.39, 0.29) is 25.4 Å². The molecule has 210 valence electrons. The molecule has 5 rings (SSSR count). The monoisotopic (exact) mass is 544 g/mol. The molecular weight excluding hydrogens is 508 g/mol. The predicted molar refractivity (Wildman–Crippen MR) is 151 cm³/mol. The van der Waals surface area contributed by atoms with Crippen molar-refractivity contribution in [3.8, 4) is 0 Å². The summed E-state index contributed by atoms with van der Waals surface area (Å²) in [6.45, 7) is 2.96. The quantitative estimate of drug-likeness (QED) is 0.410. The Balaban J connectivity index is 1.10. The molecule has 0 bridgehead atoms. The molecule has 0 aliphatic carbocycles. The number of imide groups is 1. The maximum atomic E-state index is 13.1. The van der Waals surface area contributed by atoms with E-state index in [1.54, 1.807) is 4.90 Å². The van der Waals surface area contributed by atoms with Crippen molar-refractivity contribution in [2.24, 2.45) is 11.8 Å². The van der Waals surface area contributed by atoms with Crippen LogP contribution < -0.4 is 5.32 Å². The number of β-lactam (4-membered cyclic amide) rings is 1. The second-order valence-corrected chi connectivity index (χ2v) is 10.8. The zero-order valence-electron chi connectivity index (χ0n) is 22.6. The number of likely N-dealkylation sites (tertiary alicyclic amines) is 1. The number of carbonyl (C=O) groups is 4. The number of hydrogen-bond acceptors (Lipinski definition) is 5. The summed E-state index contributed by atoms with van der Waals surface area (Å²) in [6.07, 6.45) is 6.67. The lowest BCUT2D eigenvalue weighted by Gasteiger charge is -2.47. The number of carboxylic acids is 1. The molecule has 40 heavy (non-hydrogen) atoms. The van der Waals surface area contributed by atoms with Crippen LogP contribution in [0.3, 0.4) is 0 Å². The van der Waals surface area contributed by atoms with E-state index in [0.29, 0.717) is 25.4 Å². The number of carbonyl (C=O) groups excluding carboxylic acids is 3. The van der Waals surface area contributed by atoms with Crippen molar-refractivity contribution in [1.29, 1.82) is 0 Å². The first-order chi connectivity index (χ1) is 19.4. The molecule has 0 saturated carbocycles. The molecule has 3 heterocycles. The molecule has 2 N–H and O–H groups in total. The highest BCUT2D eigenvalue weighted by atomic mass is 16.4. The SMILES string of the molecule is O=C(O)[C@@H]1[C@@H](CC2CCNCC2)C(=O)N1C(=O)N1CCN(C(=O)Cc2ccc(/C=C/c3ccccc3)cc2)CC1. The molecule has 3 aliphatic heterocycles. The molecule has 3 aliphatic rings.